The van der Waals surface area contributed by atoms with Gasteiger partial charge in [0, 0.05) is 31.3 Å². The zero-order chi connectivity index (χ0) is 14.5. The molecule has 0 amide bonds. The zero-order valence-electron chi connectivity index (χ0n) is 13.2. The minimum absolute atomic E-state index is 0.423. The number of rotatable bonds is 9. The van der Waals surface area contributed by atoms with E-state index in [0.717, 1.165) is 43.8 Å². The Morgan fingerprint density at radius 2 is 2.25 bits per heavy atom. The van der Waals surface area contributed by atoms with Gasteiger partial charge < -0.3 is 14.5 Å². The van der Waals surface area contributed by atoms with Crippen molar-refractivity contribution in [3.63, 3.8) is 0 Å². The van der Waals surface area contributed by atoms with Crippen LogP contribution in [-0.4, -0.2) is 37.2 Å². The topological polar surface area (TPSA) is 37.6 Å². The number of likely N-dealkylation sites (N-methyl/N-ethyl adjacent to an activating group) is 1. The lowest BCUT2D eigenvalue weighted by atomic mass is 10.2. The smallest absolute Gasteiger partial charge is 0.118 e. The predicted molar refractivity (Wildman–Crippen MR) is 80.7 cm³/mol. The summed E-state index contributed by atoms with van der Waals surface area (Å²) in [4.78, 5) is 2.42. The first-order valence-corrected chi connectivity index (χ1v) is 7.68. The first-order valence-electron chi connectivity index (χ1n) is 7.68. The van der Waals surface area contributed by atoms with Gasteiger partial charge in [0.15, 0.2) is 0 Å². The number of methoxy groups -OCH3 is 1. The van der Waals surface area contributed by atoms with Gasteiger partial charge in [-0.2, -0.15) is 0 Å². The summed E-state index contributed by atoms with van der Waals surface area (Å²) in [5.74, 6) is 2.10. The number of ether oxygens (including phenoxy) is 1. The van der Waals surface area contributed by atoms with Crippen molar-refractivity contribution in [2.24, 2.45) is 0 Å². The van der Waals surface area contributed by atoms with Crippen molar-refractivity contribution in [2.45, 2.75) is 58.8 Å². The molecule has 20 heavy (non-hydrogen) atoms. The highest BCUT2D eigenvalue weighted by atomic mass is 16.5. The van der Waals surface area contributed by atoms with Crippen LogP contribution < -0.4 is 5.32 Å². The van der Waals surface area contributed by atoms with Crippen molar-refractivity contribution >= 4 is 0 Å². The van der Waals surface area contributed by atoms with Gasteiger partial charge in [0.05, 0.1) is 13.2 Å². The van der Waals surface area contributed by atoms with Crippen LogP contribution in [0.25, 0.3) is 0 Å². The SMILES string of the molecule is CCN(Cc1cc(CNC2CC2)oc1C)C(C)COC. The van der Waals surface area contributed by atoms with E-state index in [0.29, 0.717) is 6.04 Å². The van der Waals surface area contributed by atoms with Gasteiger partial charge in [-0.15, -0.1) is 0 Å². The standard InChI is InChI=1S/C16H28N2O2/c1-5-18(12(2)11-19-4)10-14-8-16(20-13(14)3)9-17-15-6-7-15/h8,12,15,17H,5-7,9-11H2,1-4H3. The molecule has 0 saturated heterocycles. The van der Waals surface area contributed by atoms with Gasteiger partial charge >= 0.3 is 0 Å². The van der Waals surface area contributed by atoms with Crippen molar-refractivity contribution in [2.75, 3.05) is 20.3 Å². The van der Waals surface area contributed by atoms with E-state index in [2.05, 4.69) is 37.1 Å². The van der Waals surface area contributed by atoms with E-state index >= 15 is 0 Å². The maximum Gasteiger partial charge on any atom is 0.118 e. The number of aryl methyl sites for hydroxylation is 1. The Morgan fingerprint density at radius 1 is 1.50 bits per heavy atom. The van der Waals surface area contributed by atoms with Crippen molar-refractivity contribution < 1.29 is 9.15 Å². The molecule has 1 aliphatic rings. The largest absolute Gasteiger partial charge is 0.465 e. The summed E-state index contributed by atoms with van der Waals surface area (Å²) in [6.45, 7) is 10.0. The minimum Gasteiger partial charge on any atom is -0.465 e. The van der Waals surface area contributed by atoms with Crippen molar-refractivity contribution in [3.05, 3.63) is 23.2 Å². The zero-order valence-corrected chi connectivity index (χ0v) is 13.2. The molecule has 0 spiro atoms. The Kier molecular flexibility index (Phi) is 5.64. The van der Waals surface area contributed by atoms with Crippen LogP contribution in [0, 0.1) is 6.92 Å². The average molecular weight is 280 g/mol. The van der Waals surface area contributed by atoms with Crippen LogP contribution in [0.4, 0.5) is 0 Å². The van der Waals surface area contributed by atoms with Gasteiger partial charge in [-0.1, -0.05) is 6.92 Å². The lowest BCUT2D eigenvalue weighted by molar-refractivity contribution is 0.0979. The lowest BCUT2D eigenvalue weighted by Gasteiger charge is -2.26. The van der Waals surface area contributed by atoms with Crippen LogP contribution in [-0.2, 0) is 17.8 Å². The molecule has 0 aliphatic heterocycles. The fourth-order valence-corrected chi connectivity index (χ4v) is 2.51. The maximum absolute atomic E-state index is 5.86. The normalized spacial score (nSPS) is 16.9. The molecule has 114 valence electrons. The van der Waals surface area contributed by atoms with Crippen LogP contribution in [0.15, 0.2) is 10.5 Å². The van der Waals surface area contributed by atoms with Crippen LogP contribution in [0.3, 0.4) is 0 Å². The van der Waals surface area contributed by atoms with Crippen molar-refractivity contribution in [3.8, 4) is 0 Å². The van der Waals surface area contributed by atoms with E-state index in [1.54, 1.807) is 7.11 Å². The third-order valence-corrected chi connectivity index (χ3v) is 4.02. The quantitative estimate of drug-likeness (QED) is 0.755. The Hall–Kier alpha value is -0.840. The number of nitrogens with one attached hydrogen (secondary N) is 1. The summed E-state index contributed by atoms with van der Waals surface area (Å²) in [6.07, 6.45) is 2.62. The van der Waals surface area contributed by atoms with Crippen molar-refractivity contribution in [1.82, 2.24) is 10.2 Å². The third kappa shape index (κ3) is 4.33. The molecule has 1 atom stereocenters. The van der Waals surface area contributed by atoms with Gasteiger partial charge in [0.25, 0.3) is 0 Å². The summed E-state index contributed by atoms with van der Waals surface area (Å²) < 4.78 is 11.1. The molecule has 1 aromatic heterocycles. The molecule has 1 aliphatic carbocycles. The monoisotopic (exact) mass is 280 g/mol. The predicted octanol–water partition coefficient (Wildman–Crippen LogP) is 2.70. The van der Waals surface area contributed by atoms with E-state index < -0.39 is 0 Å². The first-order chi connectivity index (χ1) is 9.63. The second-order valence-electron chi connectivity index (χ2n) is 5.82. The Labute approximate surface area is 122 Å². The highest BCUT2D eigenvalue weighted by Crippen LogP contribution is 2.21. The molecular formula is C16H28N2O2. The highest BCUT2D eigenvalue weighted by Gasteiger charge is 2.21. The Bertz CT molecular complexity index is 413. The van der Waals surface area contributed by atoms with E-state index in [4.69, 9.17) is 9.15 Å². The molecule has 1 fully saturated rings. The number of hydrogen-bond donors (Lipinski definition) is 1. The van der Waals surface area contributed by atoms with Gasteiger partial charge in [0.1, 0.15) is 11.5 Å². The van der Waals surface area contributed by atoms with E-state index in [1.807, 2.05) is 0 Å². The molecule has 4 nitrogen and oxygen atoms in total. The first kappa shape index (κ1) is 15.5. The molecular weight excluding hydrogens is 252 g/mol. The Morgan fingerprint density at radius 3 is 2.85 bits per heavy atom. The second kappa shape index (κ2) is 7.25. The maximum atomic E-state index is 5.86. The molecule has 1 unspecified atom stereocenters. The average Bonchev–Trinajstić information content (AvgIpc) is 3.18. The molecule has 1 N–H and O–H groups in total. The molecule has 1 heterocycles. The van der Waals surface area contributed by atoms with Crippen LogP contribution >= 0.6 is 0 Å². The summed E-state index contributed by atoms with van der Waals surface area (Å²) in [6, 6.07) is 3.34. The molecule has 0 aromatic carbocycles. The van der Waals surface area contributed by atoms with Crippen LogP contribution in [0.2, 0.25) is 0 Å². The van der Waals surface area contributed by atoms with Gasteiger partial charge in [0.2, 0.25) is 0 Å². The summed E-state index contributed by atoms with van der Waals surface area (Å²) in [5, 5.41) is 3.50. The molecule has 0 radical (unpaired) electrons. The fourth-order valence-electron chi connectivity index (χ4n) is 2.51. The summed E-state index contributed by atoms with van der Waals surface area (Å²) >= 11 is 0. The van der Waals surface area contributed by atoms with Crippen molar-refractivity contribution in [1.29, 1.82) is 0 Å². The van der Waals surface area contributed by atoms with E-state index in [1.165, 1.54) is 18.4 Å². The van der Waals surface area contributed by atoms with Crippen LogP contribution in [0.1, 0.15) is 43.8 Å². The van der Waals surface area contributed by atoms with Gasteiger partial charge in [-0.3, -0.25) is 4.90 Å². The van der Waals surface area contributed by atoms with E-state index in [-0.39, 0.29) is 0 Å². The summed E-state index contributed by atoms with van der Waals surface area (Å²) in [5.41, 5.74) is 1.29. The molecule has 0 bridgehead atoms. The molecule has 2 rings (SSSR count). The Balaban J connectivity index is 1.92. The third-order valence-electron chi connectivity index (χ3n) is 4.02. The fraction of sp³-hybridized carbons (Fsp3) is 0.750. The molecule has 4 heteroatoms. The molecule has 1 aromatic rings. The number of hydrogen-bond acceptors (Lipinski definition) is 4. The number of nitrogens with zero attached hydrogens (tertiary/aromatic N) is 1. The van der Waals surface area contributed by atoms with E-state index in [9.17, 15) is 0 Å². The van der Waals surface area contributed by atoms with Crippen LogP contribution in [0.5, 0.6) is 0 Å². The molecule has 1 saturated carbocycles. The lowest BCUT2D eigenvalue weighted by Crippen LogP contribution is -2.35. The number of furan rings is 1. The van der Waals surface area contributed by atoms with Gasteiger partial charge in [-0.25, -0.2) is 0 Å². The highest BCUT2D eigenvalue weighted by molar-refractivity contribution is 5.21. The van der Waals surface area contributed by atoms with Gasteiger partial charge in [-0.05, 0) is 39.3 Å². The minimum atomic E-state index is 0.423. The summed E-state index contributed by atoms with van der Waals surface area (Å²) in [7, 11) is 1.76. The second-order valence-corrected chi connectivity index (χ2v) is 5.82.